The average Bonchev–Trinajstić information content (AvgIpc) is 2.77. The molecular weight excluding hydrogens is 507 g/mol. The maximum Gasteiger partial charge on any atom is 0.304 e. The van der Waals surface area contributed by atoms with E-state index in [-0.39, 0.29) is 24.6 Å². The molecule has 8 nitrogen and oxygen atoms in total. The summed E-state index contributed by atoms with van der Waals surface area (Å²) in [6.45, 7) is 6.66. The van der Waals surface area contributed by atoms with Gasteiger partial charge in [-0.2, -0.15) is 12.7 Å². The number of hydrogen-bond donors (Lipinski definition) is 1. The van der Waals surface area contributed by atoms with Crippen molar-refractivity contribution in [3.8, 4) is 0 Å². The molecule has 0 heterocycles. The van der Waals surface area contributed by atoms with Crippen LogP contribution in [0.3, 0.4) is 0 Å². The molecule has 1 unspecified atom stereocenters. The van der Waals surface area contributed by atoms with Crippen LogP contribution in [0.1, 0.15) is 39.7 Å². The van der Waals surface area contributed by atoms with Gasteiger partial charge in [0.2, 0.25) is 11.8 Å². The van der Waals surface area contributed by atoms with Crippen LogP contribution in [0.25, 0.3) is 0 Å². The summed E-state index contributed by atoms with van der Waals surface area (Å²) in [5.74, 6) is -1.52. The molecule has 2 aromatic carbocycles. The average molecular weight is 541 g/mol. The van der Waals surface area contributed by atoms with Crippen molar-refractivity contribution in [1.29, 1.82) is 0 Å². The summed E-state index contributed by atoms with van der Waals surface area (Å²) < 4.78 is 41.7. The van der Waals surface area contributed by atoms with Gasteiger partial charge in [0.1, 0.15) is 18.4 Å². The molecule has 2 aromatic rings. The summed E-state index contributed by atoms with van der Waals surface area (Å²) in [5.41, 5.74) is 0.180. The molecule has 1 N–H and O–H groups in total. The molecule has 0 saturated heterocycles. The number of rotatable bonds is 10. The first-order chi connectivity index (χ1) is 16.7. The fraction of sp³-hybridized carbons (Fsp3) is 0.440. The molecule has 0 aromatic heterocycles. The second-order valence-corrected chi connectivity index (χ2v) is 12.0. The van der Waals surface area contributed by atoms with Gasteiger partial charge in [-0.1, -0.05) is 36.7 Å². The lowest BCUT2D eigenvalue weighted by Crippen LogP contribution is -2.55. The van der Waals surface area contributed by atoms with Crippen molar-refractivity contribution in [3.05, 3.63) is 64.9 Å². The number of benzene rings is 2. The topological polar surface area (TPSA) is 90.0 Å². The Kier molecular flexibility index (Phi) is 9.87. The number of carbonyl (C=O) groups excluding carboxylic acids is 2. The molecule has 0 spiro atoms. The standard InChI is InChI=1S/C25H34ClFN4O4S/c1-7-22(24(33)28-25(2,3)4)30(16-18-10-8-9-11-21(18)26)23(32)17-31(36(34,35)29(5)6)20-14-12-19(27)13-15-20/h8-15,22H,7,16-17H2,1-6H3,(H,28,33). The summed E-state index contributed by atoms with van der Waals surface area (Å²) in [6.07, 6.45) is 0.287. The maximum absolute atomic E-state index is 13.8. The van der Waals surface area contributed by atoms with Crippen molar-refractivity contribution >= 4 is 39.3 Å². The van der Waals surface area contributed by atoms with Gasteiger partial charge in [0, 0.05) is 31.2 Å². The summed E-state index contributed by atoms with van der Waals surface area (Å²) in [5, 5.41) is 3.31. The Balaban J connectivity index is 2.53. The van der Waals surface area contributed by atoms with E-state index in [1.54, 1.807) is 31.2 Å². The predicted molar refractivity (Wildman–Crippen MR) is 140 cm³/mol. The van der Waals surface area contributed by atoms with Crippen LogP contribution in [-0.4, -0.2) is 61.7 Å². The van der Waals surface area contributed by atoms with Gasteiger partial charge >= 0.3 is 10.2 Å². The number of nitrogens with one attached hydrogen (secondary N) is 1. The van der Waals surface area contributed by atoms with Crippen LogP contribution in [0.2, 0.25) is 5.02 Å². The zero-order valence-corrected chi connectivity index (χ0v) is 23.0. The monoisotopic (exact) mass is 540 g/mol. The number of amides is 2. The lowest BCUT2D eigenvalue weighted by Gasteiger charge is -2.35. The number of carbonyl (C=O) groups is 2. The van der Waals surface area contributed by atoms with Crippen LogP contribution in [-0.2, 0) is 26.3 Å². The van der Waals surface area contributed by atoms with Gasteiger partial charge in [-0.3, -0.25) is 9.59 Å². The Morgan fingerprint density at radius 2 is 1.64 bits per heavy atom. The van der Waals surface area contributed by atoms with Gasteiger partial charge in [0.05, 0.1) is 5.69 Å². The van der Waals surface area contributed by atoms with Crippen LogP contribution in [0.5, 0.6) is 0 Å². The quantitative estimate of drug-likeness (QED) is 0.496. The Labute approximate surface area is 218 Å². The summed E-state index contributed by atoms with van der Waals surface area (Å²) >= 11 is 6.35. The third-order valence-electron chi connectivity index (χ3n) is 5.32. The van der Waals surface area contributed by atoms with E-state index < -0.39 is 40.1 Å². The first kappa shape index (κ1) is 29.5. The van der Waals surface area contributed by atoms with Crippen molar-refractivity contribution in [3.63, 3.8) is 0 Å². The first-order valence-electron chi connectivity index (χ1n) is 11.5. The molecule has 0 aliphatic rings. The third-order valence-corrected chi connectivity index (χ3v) is 7.50. The molecule has 11 heteroatoms. The molecule has 198 valence electrons. The Morgan fingerprint density at radius 3 is 2.14 bits per heavy atom. The van der Waals surface area contributed by atoms with Crippen molar-refractivity contribution in [1.82, 2.24) is 14.5 Å². The molecule has 0 aliphatic heterocycles. The maximum atomic E-state index is 13.8. The highest BCUT2D eigenvalue weighted by Gasteiger charge is 2.34. The van der Waals surface area contributed by atoms with Crippen LogP contribution in [0.15, 0.2) is 48.5 Å². The Hall–Kier alpha value is -2.69. The molecule has 2 amide bonds. The van der Waals surface area contributed by atoms with E-state index in [1.165, 1.54) is 31.1 Å². The Bertz CT molecular complexity index is 1170. The number of hydrogen-bond acceptors (Lipinski definition) is 4. The first-order valence-corrected chi connectivity index (χ1v) is 13.3. The SMILES string of the molecule is CCC(C(=O)NC(C)(C)C)N(Cc1ccccc1Cl)C(=O)CN(c1ccc(F)cc1)S(=O)(=O)N(C)C. The lowest BCUT2D eigenvalue weighted by atomic mass is 10.1. The minimum absolute atomic E-state index is 0.00611. The van der Waals surface area contributed by atoms with Gasteiger partial charge in [-0.25, -0.2) is 8.70 Å². The van der Waals surface area contributed by atoms with Crippen molar-refractivity contribution in [2.45, 2.75) is 52.2 Å². The smallest absolute Gasteiger partial charge is 0.304 e. The molecule has 0 radical (unpaired) electrons. The molecule has 1 atom stereocenters. The second kappa shape index (κ2) is 12.0. The lowest BCUT2D eigenvalue weighted by molar-refractivity contribution is -0.141. The van der Waals surface area contributed by atoms with Crippen LogP contribution < -0.4 is 9.62 Å². The molecule has 0 aliphatic carbocycles. The van der Waals surface area contributed by atoms with Gasteiger partial charge < -0.3 is 10.2 Å². The van der Waals surface area contributed by atoms with Gasteiger partial charge in [0.25, 0.3) is 0 Å². The van der Waals surface area contributed by atoms with E-state index in [2.05, 4.69) is 5.32 Å². The predicted octanol–water partition coefficient (Wildman–Crippen LogP) is 3.81. The molecule has 0 fully saturated rings. The van der Waals surface area contributed by atoms with E-state index in [0.29, 0.717) is 10.6 Å². The summed E-state index contributed by atoms with van der Waals surface area (Å²) in [6, 6.07) is 10.9. The van der Waals surface area contributed by atoms with Crippen LogP contribution >= 0.6 is 11.6 Å². The Morgan fingerprint density at radius 1 is 1.06 bits per heavy atom. The largest absolute Gasteiger partial charge is 0.350 e. The van der Waals surface area contributed by atoms with Crippen molar-refractivity contribution in [2.75, 3.05) is 24.9 Å². The van der Waals surface area contributed by atoms with Crippen LogP contribution in [0, 0.1) is 5.82 Å². The summed E-state index contributed by atoms with van der Waals surface area (Å²) in [4.78, 5) is 28.3. The molecule has 0 bridgehead atoms. The van der Waals surface area contributed by atoms with Crippen molar-refractivity contribution in [2.24, 2.45) is 0 Å². The fourth-order valence-corrected chi connectivity index (χ4v) is 4.76. The van der Waals surface area contributed by atoms with E-state index in [9.17, 15) is 22.4 Å². The van der Waals surface area contributed by atoms with E-state index >= 15 is 0 Å². The van der Waals surface area contributed by atoms with E-state index in [1.807, 2.05) is 20.8 Å². The van der Waals surface area contributed by atoms with Crippen molar-refractivity contribution < 1.29 is 22.4 Å². The fourth-order valence-electron chi connectivity index (χ4n) is 3.51. The molecule has 36 heavy (non-hydrogen) atoms. The van der Waals surface area contributed by atoms with E-state index in [0.717, 1.165) is 20.7 Å². The number of anilines is 1. The zero-order chi connectivity index (χ0) is 27.3. The highest BCUT2D eigenvalue weighted by Crippen LogP contribution is 2.23. The second-order valence-electron chi connectivity index (χ2n) is 9.55. The summed E-state index contributed by atoms with van der Waals surface area (Å²) in [7, 11) is -1.45. The van der Waals surface area contributed by atoms with Gasteiger partial charge in [-0.15, -0.1) is 0 Å². The third kappa shape index (κ3) is 7.65. The highest BCUT2D eigenvalue weighted by molar-refractivity contribution is 7.90. The van der Waals surface area contributed by atoms with Gasteiger partial charge in [0.15, 0.2) is 0 Å². The van der Waals surface area contributed by atoms with Crippen LogP contribution in [0.4, 0.5) is 10.1 Å². The van der Waals surface area contributed by atoms with E-state index in [4.69, 9.17) is 11.6 Å². The number of halogens is 2. The normalized spacial score (nSPS) is 12.8. The van der Waals surface area contributed by atoms with Gasteiger partial charge in [-0.05, 0) is 63.1 Å². The minimum atomic E-state index is -4.13. The zero-order valence-electron chi connectivity index (χ0n) is 21.5. The number of nitrogens with zero attached hydrogens (tertiary/aromatic N) is 3. The molecule has 0 saturated carbocycles. The minimum Gasteiger partial charge on any atom is -0.350 e. The highest BCUT2D eigenvalue weighted by atomic mass is 35.5. The molecular formula is C25H34ClFN4O4S. The molecule has 2 rings (SSSR count).